The van der Waals surface area contributed by atoms with E-state index in [1.807, 2.05) is 13.0 Å². The van der Waals surface area contributed by atoms with Crippen molar-refractivity contribution >= 4 is 0 Å². The summed E-state index contributed by atoms with van der Waals surface area (Å²) < 4.78 is 5.29. The van der Waals surface area contributed by atoms with Crippen molar-refractivity contribution in [1.82, 2.24) is 15.4 Å². The maximum absolute atomic E-state index is 5.29. The van der Waals surface area contributed by atoms with Gasteiger partial charge in [-0.1, -0.05) is 19.0 Å². The van der Waals surface area contributed by atoms with Gasteiger partial charge in [0.25, 0.3) is 0 Å². The molecule has 1 N–H and O–H groups in total. The standard InChI is InChI=1S/C13H23N3O/c1-10(2)13-9-16(6-4-5-14-13)8-12-7-11(3)15-17-12/h7,10,13-14H,4-6,8-9H2,1-3H3. The highest BCUT2D eigenvalue weighted by molar-refractivity contribution is 5.03. The SMILES string of the molecule is Cc1cc(CN2CCCNC(C(C)C)C2)on1. The van der Waals surface area contributed by atoms with Crippen LogP contribution in [0.2, 0.25) is 0 Å². The molecule has 17 heavy (non-hydrogen) atoms. The fourth-order valence-electron chi connectivity index (χ4n) is 2.33. The Kier molecular flexibility index (Phi) is 4.18. The van der Waals surface area contributed by atoms with E-state index in [-0.39, 0.29) is 0 Å². The summed E-state index contributed by atoms with van der Waals surface area (Å²) >= 11 is 0. The minimum Gasteiger partial charge on any atom is -0.360 e. The molecule has 96 valence electrons. The third kappa shape index (κ3) is 3.54. The Labute approximate surface area is 103 Å². The van der Waals surface area contributed by atoms with E-state index in [2.05, 4.69) is 29.2 Å². The second kappa shape index (κ2) is 5.65. The van der Waals surface area contributed by atoms with E-state index in [0.29, 0.717) is 12.0 Å². The first-order valence-corrected chi connectivity index (χ1v) is 6.53. The Bertz CT molecular complexity index is 348. The molecule has 1 aliphatic rings. The molecular weight excluding hydrogens is 214 g/mol. The number of nitrogens with zero attached hydrogens (tertiary/aromatic N) is 2. The summed E-state index contributed by atoms with van der Waals surface area (Å²) in [7, 11) is 0. The third-order valence-electron chi connectivity index (χ3n) is 3.37. The smallest absolute Gasteiger partial charge is 0.150 e. The maximum Gasteiger partial charge on any atom is 0.150 e. The molecule has 0 radical (unpaired) electrons. The zero-order valence-electron chi connectivity index (χ0n) is 11.1. The van der Waals surface area contributed by atoms with Gasteiger partial charge in [0, 0.05) is 18.7 Å². The van der Waals surface area contributed by atoms with Crippen molar-refractivity contribution in [2.75, 3.05) is 19.6 Å². The van der Waals surface area contributed by atoms with Crippen LogP contribution >= 0.6 is 0 Å². The summed E-state index contributed by atoms with van der Waals surface area (Å²) in [6, 6.07) is 2.62. The quantitative estimate of drug-likeness (QED) is 0.870. The summed E-state index contributed by atoms with van der Waals surface area (Å²) in [5.41, 5.74) is 0.966. The second-order valence-electron chi connectivity index (χ2n) is 5.33. The van der Waals surface area contributed by atoms with Gasteiger partial charge in [0.15, 0.2) is 5.76 Å². The van der Waals surface area contributed by atoms with Crippen molar-refractivity contribution in [3.8, 4) is 0 Å². The van der Waals surface area contributed by atoms with Crippen LogP contribution in [0.3, 0.4) is 0 Å². The summed E-state index contributed by atoms with van der Waals surface area (Å²) in [4.78, 5) is 2.46. The minimum atomic E-state index is 0.585. The average Bonchev–Trinajstić information content (AvgIpc) is 2.54. The van der Waals surface area contributed by atoms with Crippen molar-refractivity contribution in [3.05, 3.63) is 17.5 Å². The van der Waals surface area contributed by atoms with Crippen LogP contribution in [-0.4, -0.2) is 35.7 Å². The molecular formula is C13H23N3O. The van der Waals surface area contributed by atoms with Gasteiger partial charge in [0.1, 0.15) is 0 Å². The molecule has 1 fully saturated rings. The van der Waals surface area contributed by atoms with E-state index in [0.717, 1.165) is 37.6 Å². The van der Waals surface area contributed by atoms with Crippen molar-refractivity contribution < 1.29 is 4.52 Å². The molecule has 0 bridgehead atoms. The fraction of sp³-hybridized carbons (Fsp3) is 0.769. The average molecular weight is 237 g/mol. The molecule has 2 heterocycles. The largest absolute Gasteiger partial charge is 0.360 e. The lowest BCUT2D eigenvalue weighted by Crippen LogP contribution is -2.40. The fourth-order valence-corrected chi connectivity index (χ4v) is 2.33. The molecule has 1 aliphatic heterocycles. The van der Waals surface area contributed by atoms with Crippen LogP contribution in [0, 0.1) is 12.8 Å². The van der Waals surface area contributed by atoms with E-state index in [9.17, 15) is 0 Å². The van der Waals surface area contributed by atoms with Gasteiger partial charge in [-0.15, -0.1) is 0 Å². The Balaban J connectivity index is 1.94. The monoisotopic (exact) mass is 237 g/mol. The van der Waals surface area contributed by atoms with Crippen LogP contribution in [0.15, 0.2) is 10.6 Å². The molecule has 1 unspecified atom stereocenters. The molecule has 1 saturated heterocycles. The van der Waals surface area contributed by atoms with E-state index < -0.39 is 0 Å². The number of aromatic nitrogens is 1. The Morgan fingerprint density at radius 3 is 3.06 bits per heavy atom. The highest BCUT2D eigenvalue weighted by atomic mass is 16.5. The predicted molar refractivity (Wildman–Crippen MR) is 67.8 cm³/mol. The lowest BCUT2D eigenvalue weighted by Gasteiger charge is -2.25. The van der Waals surface area contributed by atoms with E-state index in [1.165, 1.54) is 6.42 Å². The van der Waals surface area contributed by atoms with Crippen LogP contribution in [-0.2, 0) is 6.54 Å². The van der Waals surface area contributed by atoms with Gasteiger partial charge in [-0.2, -0.15) is 0 Å². The highest BCUT2D eigenvalue weighted by Gasteiger charge is 2.21. The number of aryl methyl sites for hydroxylation is 1. The van der Waals surface area contributed by atoms with Crippen LogP contribution in [0.25, 0.3) is 0 Å². The van der Waals surface area contributed by atoms with Gasteiger partial charge in [0.2, 0.25) is 0 Å². The van der Waals surface area contributed by atoms with Crippen molar-refractivity contribution in [3.63, 3.8) is 0 Å². The van der Waals surface area contributed by atoms with Gasteiger partial charge >= 0.3 is 0 Å². The summed E-state index contributed by atoms with van der Waals surface area (Å²) in [6.07, 6.45) is 1.20. The lowest BCUT2D eigenvalue weighted by atomic mass is 10.0. The molecule has 0 spiro atoms. The topological polar surface area (TPSA) is 41.3 Å². The Morgan fingerprint density at radius 2 is 2.41 bits per heavy atom. The van der Waals surface area contributed by atoms with E-state index >= 15 is 0 Å². The molecule has 0 aromatic carbocycles. The molecule has 4 heteroatoms. The molecule has 1 aromatic rings. The molecule has 1 aromatic heterocycles. The maximum atomic E-state index is 5.29. The second-order valence-corrected chi connectivity index (χ2v) is 5.33. The van der Waals surface area contributed by atoms with Crippen molar-refractivity contribution in [2.45, 2.75) is 39.8 Å². The van der Waals surface area contributed by atoms with Gasteiger partial charge < -0.3 is 9.84 Å². The van der Waals surface area contributed by atoms with Crippen LogP contribution in [0.1, 0.15) is 31.7 Å². The summed E-state index contributed by atoms with van der Waals surface area (Å²) in [6.45, 7) is 10.8. The normalized spacial score (nSPS) is 22.9. The van der Waals surface area contributed by atoms with E-state index in [1.54, 1.807) is 0 Å². The van der Waals surface area contributed by atoms with Crippen LogP contribution in [0.4, 0.5) is 0 Å². The number of hydrogen-bond acceptors (Lipinski definition) is 4. The van der Waals surface area contributed by atoms with Gasteiger partial charge in [-0.05, 0) is 32.4 Å². The lowest BCUT2D eigenvalue weighted by molar-refractivity contribution is 0.212. The molecule has 0 saturated carbocycles. The highest BCUT2D eigenvalue weighted by Crippen LogP contribution is 2.12. The van der Waals surface area contributed by atoms with Gasteiger partial charge in [-0.3, -0.25) is 4.90 Å². The summed E-state index contributed by atoms with van der Waals surface area (Å²) in [5, 5.41) is 7.56. The number of rotatable bonds is 3. The van der Waals surface area contributed by atoms with Crippen molar-refractivity contribution in [1.29, 1.82) is 0 Å². The first-order chi connectivity index (χ1) is 8.15. The Morgan fingerprint density at radius 1 is 1.59 bits per heavy atom. The van der Waals surface area contributed by atoms with Gasteiger partial charge in [0.05, 0.1) is 12.2 Å². The molecule has 4 nitrogen and oxygen atoms in total. The van der Waals surface area contributed by atoms with E-state index in [4.69, 9.17) is 4.52 Å². The van der Waals surface area contributed by atoms with Gasteiger partial charge in [-0.25, -0.2) is 0 Å². The zero-order valence-corrected chi connectivity index (χ0v) is 11.1. The minimum absolute atomic E-state index is 0.585. The molecule has 1 atom stereocenters. The van der Waals surface area contributed by atoms with Crippen LogP contribution < -0.4 is 5.32 Å². The molecule has 0 aliphatic carbocycles. The number of hydrogen-bond donors (Lipinski definition) is 1. The Hall–Kier alpha value is -0.870. The van der Waals surface area contributed by atoms with Crippen molar-refractivity contribution in [2.24, 2.45) is 5.92 Å². The zero-order chi connectivity index (χ0) is 12.3. The number of nitrogens with one attached hydrogen (secondary N) is 1. The molecule has 0 amide bonds. The first-order valence-electron chi connectivity index (χ1n) is 6.53. The predicted octanol–water partition coefficient (Wildman–Crippen LogP) is 1.80. The third-order valence-corrected chi connectivity index (χ3v) is 3.37. The van der Waals surface area contributed by atoms with Crippen LogP contribution in [0.5, 0.6) is 0 Å². The first kappa shape index (κ1) is 12.6. The summed E-state index contributed by atoms with van der Waals surface area (Å²) in [5.74, 6) is 1.65. The molecule has 2 rings (SSSR count).